The minimum atomic E-state index is -1.67. The molecule has 0 unspecified atom stereocenters. The molecular formula is C49H42N4OPt. The molecular weight excluding hydrogens is 856 g/mol. The number of nitrogens with zero attached hydrogens (tertiary/aromatic N) is 4. The van der Waals surface area contributed by atoms with Gasteiger partial charge in [-0.25, -0.2) is 4.98 Å². The average Bonchev–Trinajstić information content (AvgIpc) is 3.69. The predicted octanol–water partition coefficient (Wildman–Crippen LogP) is 12.5. The number of fused-ring (bicyclic) bond motifs is 6. The summed E-state index contributed by atoms with van der Waals surface area (Å²) < 4.78 is 46.1. The fourth-order valence-electron chi connectivity index (χ4n) is 7.59. The monoisotopic (exact) mass is 901 g/mol. The summed E-state index contributed by atoms with van der Waals surface area (Å²) in [5.74, 6) is 1.70. The molecule has 0 aliphatic heterocycles. The molecule has 0 saturated carbocycles. The van der Waals surface area contributed by atoms with E-state index in [0.29, 0.717) is 39.5 Å². The standard InChI is InChI=1S/C49H42N4O.Pt/c1-7-32-13-11-16-41-42-17-12-14-33(8-2)48(42)52(47(32)41)36-22-24-51-46(29-36)53-44-18-10-9-15-39(44)40-20-19-37(30-45(40)53)54-38-27-34(26-35(28-38)49(4,5)6)43-25-31(3)21-23-50-43;/h9-26,28-29H,7-8H2,1-6H3;/q-2;+2/i7D2,8D2;. The van der Waals surface area contributed by atoms with Crippen LogP contribution in [0.25, 0.3) is 66.4 Å². The van der Waals surface area contributed by atoms with Crippen molar-refractivity contribution in [2.45, 2.75) is 59.7 Å². The minimum Gasteiger partial charge on any atom is -0.503 e. The number of hydrogen-bond donors (Lipinski definition) is 0. The molecule has 0 saturated heterocycles. The van der Waals surface area contributed by atoms with Gasteiger partial charge in [0.1, 0.15) is 5.82 Å². The van der Waals surface area contributed by atoms with Crippen molar-refractivity contribution in [3.8, 4) is 34.3 Å². The van der Waals surface area contributed by atoms with Crippen molar-refractivity contribution in [3.05, 3.63) is 156 Å². The van der Waals surface area contributed by atoms with Gasteiger partial charge in [0.15, 0.2) is 0 Å². The molecule has 274 valence electrons. The van der Waals surface area contributed by atoms with E-state index in [-0.39, 0.29) is 26.5 Å². The number of rotatable bonds is 7. The first-order valence-electron chi connectivity index (χ1n) is 20.2. The third-order valence-corrected chi connectivity index (χ3v) is 10.2. The van der Waals surface area contributed by atoms with Crippen molar-refractivity contribution >= 4 is 43.6 Å². The molecule has 9 aromatic rings. The van der Waals surface area contributed by atoms with Gasteiger partial charge < -0.3 is 18.9 Å². The van der Waals surface area contributed by atoms with Crippen molar-refractivity contribution in [3.63, 3.8) is 0 Å². The van der Waals surface area contributed by atoms with Gasteiger partial charge in [-0.1, -0.05) is 118 Å². The van der Waals surface area contributed by atoms with Crippen LogP contribution in [0.1, 0.15) is 62.4 Å². The molecule has 0 bridgehead atoms. The van der Waals surface area contributed by atoms with E-state index in [0.717, 1.165) is 60.6 Å². The summed E-state index contributed by atoms with van der Waals surface area (Å²) in [7, 11) is 0. The molecule has 0 aliphatic rings. The fourth-order valence-corrected chi connectivity index (χ4v) is 7.59. The molecule has 0 radical (unpaired) electrons. The second-order valence-corrected chi connectivity index (χ2v) is 14.8. The molecule has 0 amide bonds. The number of pyridine rings is 2. The molecule has 5 aromatic carbocycles. The van der Waals surface area contributed by atoms with Crippen LogP contribution < -0.4 is 4.74 Å². The maximum Gasteiger partial charge on any atom is 2.00 e. The summed E-state index contributed by atoms with van der Waals surface area (Å²) in [5, 5.41) is 3.71. The Bertz CT molecular complexity index is 3010. The predicted molar refractivity (Wildman–Crippen MR) is 223 cm³/mol. The number of hydrogen-bond acceptors (Lipinski definition) is 3. The normalized spacial score (nSPS) is 13.4. The number of para-hydroxylation sites is 3. The Morgan fingerprint density at radius 1 is 0.673 bits per heavy atom. The van der Waals surface area contributed by atoms with Crippen molar-refractivity contribution in [2.24, 2.45) is 0 Å². The molecule has 4 heterocycles. The molecule has 0 spiro atoms. The van der Waals surface area contributed by atoms with Crippen LogP contribution in [0.2, 0.25) is 0 Å². The van der Waals surface area contributed by atoms with E-state index in [1.807, 2.05) is 89.6 Å². The zero-order valence-corrected chi connectivity index (χ0v) is 33.8. The second-order valence-electron chi connectivity index (χ2n) is 14.8. The van der Waals surface area contributed by atoms with Crippen molar-refractivity contribution in [2.75, 3.05) is 0 Å². The van der Waals surface area contributed by atoms with E-state index in [2.05, 4.69) is 79.7 Å². The van der Waals surface area contributed by atoms with Gasteiger partial charge in [-0.05, 0) is 65.5 Å². The molecule has 55 heavy (non-hydrogen) atoms. The first kappa shape index (κ1) is 31.8. The SMILES string of the molecule is [2H]C([2H])(C)c1cccc2c3cccc(C([2H])([2H])C)c3n(-c3ccnc(-n4c5[c-]c(Oc6[c-]c(-c7cc(C)ccn7)cc(C(C)(C)C)c6)ccc5c5ccccc54)c3)c12.[Pt+2]. The quantitative estimate of drug-likeness (QED) is 0.150. The van der Waals surface area contributed by atoms with Gasteiger partial charge in [0.2, 0.25) is 0 Å². The Morgan fingerprint density at radius 2 is 1.36 bits per heavy atom. The molecule has 0 N–H and O–H groups in total. The van der Waals surface area contributed by atoms with Crippen molar-refractivity contribution in [1.29, 1.82) is 0 Å². The third kappa shape index (κ3) is 6.35. The first-order chi connectivity index (χ1) is 27.6. The third-order valence-electron chi connectivity index (χ3n) is 10.2. The van der Waals surface area contributed by atoms with Crippen LogP contribution in [-0.2, 0) is 39.2 Å². The van der Waals surface area contributed by atoms with Crippen molar-refractivity contribution in [1.82, 2.24) is 19.1 Å². The molecule has 0 fully saturated rings. The Labute approximate surface area is 342 Å². The zero-order valence-electron chi connectivity index (χ0n) is 35.6. The van der Waals surface area contributed by atoms with E-state index in [4.69, 9.17) is 15.2 Å². The molecule has 4 aromatic heterocycles. The molecule has 6 heteroatoms. The van der Waals surface area contributed by atoms with Crippen LogP contribution in [0.15, 0.2) is 122 Å². The summed E-state index contributed by atoms with van der Waals surface area (Å²) >= 11 is 0. The van der Waals surface area contributed by atoms with Crippen LogP contribution >= 0.6 is 0 Å². The number of benzene rings is 5. The van der Waals surface area contributed by atoms with E-state index >= 15 is 0 Å². The Hall–Kier alpha value is -5.51. The van der Waals surface area contributed by atoms with Crippen LogP contribution in [0.4, 0.5) is 0 Å². The summed E-state index contributed by atoms with van der Waals surface area (Å²) in [5.41, 5.74) is 8.59. The Balaban J connectivity index is 0.00000484. The minimum absolute atomic E-state index is 0. The molecule has 0 aliphatic carbocycles. The molecule has 0 atom stereocenters. The maximum atomic E-state index is 8.85. The Kier molecular flexibility index (Phi) is 8.26. The largest absolute Gasteiger partial charge is 2.00 e. The average molecular weight is 902 g/mol. The van der Waals surface area contributed by atoms with Crippen LogP contribution in [-0.4, -0.2) is 19.1 Å². The summed E-state index contributed by atoms with van der Waals surface area (Å²) in [6.45, 7) is 11.7. The number of aromatic nitrogens is 4. The Morgan fingerprint density at radius 3 is 2.05 bits per heavy atom. The second kappa shape index (κ2) is 14.3. The topological polar surface area (TPSA) is 44.9 Å². The van der Waals surface area contributed by atoms with E-state index < -0.39 is 12.7 Å². The van der Waals surface area contributed by atoms with E-state index in [9.17, 15) is 0 Å². The number of ether oxygens (including phenoxy) is 1. The van der Waals surface area contributed by atoms with Gasteiger partial charge in [0.25, 0.3) is 0 Å². The summed E-state index contributed by atoms with van der Waals surface area (Å²) in [4.78, 5) is 9.57. The fraction of sp³-hybridized carbons (Fsp3) is 0.184. The zero-order chi connectivity index (χ0) is 40.7. The van der Waals surface area contributed by atoms with Gasteiger partial charge in [-0.15, -0.1) is 34.7 Å². The van der Waals surface area contributed by atoms with Gasteiger partial charge >= 0.3 is 21.1 Å². The molecule has 9 rings (SSSR count). The maximum absolute atomic E-state index is 8.85. The first-order valence-corrected chi connectivity index (χ1v) is 18.2. The van der Waals surface area contributed by atoms with Crippen molar-refractivity contribution < 1.29 is 31.3 Å². The summed E-state index contributed by atoms with van der Waals surface area (Å²) in [6.07, 6.45) is 0.219. The van der Waals surface area contributed by atoms with Gasteiger partial charge in [0.05, 0.1) is 16.7 Å². The van der Waals surface area contributed by atoms with Crippen LogP contribution in [0.5, 0.6) is 11.5 Å². The van der Waals surface area contributed by atoms with Gasteiger partial charge in [-0.2, -0.15) is 6.07 Å². The number of aryl methyl sites for hydroxylation is 3. The smallest absolute Gasteiger partial charge is 0.503 e. The molecule has 5 nitrogen and oxygen atoms in total. The van der Waals surface area contributed by atoms with Gasteiger partial charge in [0, 0.05) is 51.7 Å². The summed E-state index contributed by atoms with van der Waals surface area (Å²) in [6, 6.07) is 42.7. The van der Waals surface area contributed by atoms with E-state index in [1.165, 1.54) is 0 Å². The van der Waals surface area contributed by atoms with Gasteiger partial charge in [-0.3, -0.25) is 0 Å². The van der Waals surface area contributed by atoms with Crippen LogP contribution in [0.3, 0.4) is 0 Å². The van der Waals surface area contributed by atoms with Crippen LogP contribution in [0, 0.1) is 19.1 Å². The van der Waals surface area contributed by atoms with E-state index in [1.54, 1.807) is 20.0 Å².